The summed E-state index contributed by atoms with van der Waals surface area (Å²) in [5.74, 6) is 0.787. The number of esters is 2. The van der Waals surface area contributed by atoms with Crippen LogP contribution in [0.4, 0.5) is 5.69 Å². The first-order valence-corrected chi connectivity index (χ1v) is 18.6. The van der Waals surface area contributed by atoms with E-state index in [-0.39, 0.29) is 24.0 Å². The van der Waals surface area contributed by atoms with E-state index in [1.807, 2.05) is 91.0 Å². The van der Waals surface area contributed by atoms with Crippen LogP contribution in [-0.4, -0.2) is 24.1 Å². The van der Waals surface area contributed by atoms with Crippen LogP contribution in [0.5, 0.6) is 0 Å². The molecule has 2 aliphatic carbocycles. The standard InChI is InChI=1S/C43H55NO5/c1-28(2)35-24-22-30(5)26-37(35)47-41(45)43(42(46)48-38-27-31(6)23-25-36(38)29(3)4)39(32-16-10-7-11-17-32)44(34-20-14-9-15-21-34)49-40(43)33-18-12-8-13-19-33/h7-21,28-31,35-40H,22-27H2,1-6H3/t30-,31-,35+,36+,37-,38-,39-,40+/m1/s1. The molecule has 0 spiro atoms. The van der Waals surface area contributed by atoms with E-state index in [1.165, 1.54) is 0 Å². The van der Waals surface area contributed by atoms with Crippen molar-refractivity contribution < 1.29 is 23.9 Å². The second kappa shape index (κ2) is 15.1. The Labute approximate surface area is 293 Å². The highest BCUT2D eigenvalue weighted by Gasteiger charge is 2.70. The molecular weight excluding hydrogens is 610 g/mol. The van der Waals surface area contributed by atoms with E-state index in [2.05, 4.69) is 41.5 Å². The molecule has 6 nitrogen and oxygen atoms in total. The van der Waals surface area contributed by atoms with Crippen molar-refractivity contribution in [2.45, 2.75) is 104 Å². The van der Waals surface area contributed by atoms with E-state index in [0.29, 0.717) is 23.7 Å². The first-order valence-electron chi connectivity index (χ1n) is 18.6. The van der Waals surface area contributed by atoms with Crippen LogP contribution in [0.3, 0.4) is 0 Å². The summed E-state index contributed by atoms with van der Waals surface area (Å²) in [5.41, 5.74) is 0.403. The lowest BCUT2D eigenvalue weighted by Gasteiger charge is -2.42. The molecule has 3 aliphatic rings. The van der Waals surface area contributed by atoms with Gasteiger partial charge in [0.15, 0.2) is 0 Å². The fraction of sp³-hybridized carbons (Fsp3) is 0.535. The summed E-state index contributed by atoms with van der Waals surface area (Å²) in [5, 5.41) is 1.77. The average Bonchev–Trinajstić information content (AvgIpc) is 3.47. The van der Waals surface area contributed by atoms with Gasteiger partial charge in [0, 0.05) is 0 Å². The zero-order valence-corrected chi connectivity index (χ0v) is 30.2. The molecule has 262 valence electrons. The lowest BCUT2D eigenvalue weighted by molar-refractivity contribution is -0.191. The van der Waals surface area contributed by atoms with Crippen molar-refractivity contribution in [1.29, 1.82) is 0 Å². The molecule has 0 N–H and O–H groups in total. The number of hydroxylamine groups is 1. The van der Waals surface area contributed by atoms with Gasteiger partial charge in [0.2, 0.25) is 5.41 Å². The molecule has 3 fully saturated rings. The molecule has 3 aromatic rings. The molecule has 6 heteroatoms. The minimum absolute atomic E-state index is 0.204. The highest BCUT2D eigenvalue weighted by Crippen LogP contribution is 2.59. The second-order valence-corrected chi connectivity index (χ2v) is 15.8. The Morgan fingerprint density at radius 3 is 1.53 bits per heavy atom. The van der Waals surface area contributed by atoms with Crippen molar-refractivity contribution in [2.75, 3.05) is 5.06 Å². The average molecular weight is 666 g/mol. The first-order chi connectivity index (χ1) is 23.6. The van der Waals surface area contributed by atoms with Gasteiger partial charge in [-0.2, -0.15) is 0 Å². The Bertz CT molecular complexity index is 1480. The molecule has 0 bridgehead atoms. The SMILES string of the molecule is CC(C)[C@@H]1CC[C@@H](C)C[C@H]1OC(=O)C1(C(=O)O[C@@H]2C[C@H](C)CC[C@H]2C(C)C)[C@H](c2ccccc2)ON(c2ccccc2)[C@@H]1c1ccccc1. The number of hydrogen-bond donors (Lipinski definition) is 0. The summed E-state index contributed by atoms with van der Waals surface area (Å²) >= 11 is 0. The molecule has 0 unspecified atom stereocenters. The molecular formula is C43H55NO5. The van der Waals surface area contributed by atoms with Gasteiger partial charge >= 0.3 is 11.9 Å². The Morgan fingerprint density at radius 2 is 1.08 bits per heavy atom. The summed E-state index contributed by atoms with van der Waals surface area (Å²) in [7, 11) is 0. The molecule has 0 radical (unpaired) electrons. The van der Waals surface area contributed by atoms with Gasteiger partial charge in [-0.25, -0.2) is 5.06 Å². The number of para-hydroxylation sites is 1. The maximum Gasteiger partial charge on any atom is 0.329 e. The number of carbonyl (C=O) groups excluding carboxylic acids is 2. The summed E-state index contributed by atoms with van der Waals surface area (Å²) in [6.45, 7) is 13.3. The third-order valence-corrected chi connectivity index (χ3v) is 11.6. The number of nitrogens with zero attached hydrogens (tertiary/aromatic N) is 1. The molecule has 8 atom stereocenters. The van der Waals surface area contributed by atoms with Gasteiger partial charge < -0.3 is 9.47 Å². The lowest BCUT2D eigenvalue weighted by Crippen LogP contribution is -2.53. The molecule has 6 rings (SSSR count). The van der Waals surface area contributed by atoms with E-state index < -0.39 is 29.5 Å². The van der Waals surface area contributed by atoms with Gasteiger partial charge in [-0.3, -0.25) is 14.4 Å². The zero-order valence-electron chi connectivity index (χ0n) is 30.2. The van der Waals surface area contributed by atoms with Crippen molar-refractivity contribution in [3.63, 3.8) is 0 Å². The number of rotatable bonds is 9. The Kier molecular flexibility index (Phi) is 10.8. The van der Waals surface area contributed by atoms with Crippen LogP contribution in [0.25, 0.3) is 0 Å². The molecule has 49 heavy (non-hydrogen) atoms. The highest BCUT2D eigenvalue weighted by atomic mass is 16.7. The van der Waals surface area contributed by atoms with Crippen molar-refractivity contribution in [3.05, 3.63) is 102 Å². The zero-order chi connectivity index (χ0) is 34.7. The maximum absolute atomic E-state index is 15.6. The Hall–Kier alpha value is -3.64. The monoisotopic (exact) mass is 665 g/mol. The number of hydrogen-bond acceptors (Lipinski definition) is 6. The van der Waals surface area contributed by atoms with Crippen molar-refractivity contribution >= 4 is 17.6 Å². The van der Waals surface area contributed by atoms with Crippen molar-refractivity contribution in [3.8, 4) is 0 Å². The van der Waals surface area contributed by atoms with E-state index in [9.17, 15) is 0 Å². The van der Waals surface area contributed by atoms with Crippen LogP contribution in [0.2, 0.25) is 0 Å². The molecule has 0 amide bonds. The minimum atomic E-state index is -1.86. The molecule has 1 aliphatic heterocycles. The van der Waals surface area contributed by atoms with Crippen LogP contribution in [0, 0.1) is 40.9 Å². The lowest BCUT2D eigenvalue weighted by atomic mass is 9.70. The van der Waals surface area contributed by atoms with Crippen LogP contribution in [0.1, 0.15) is 103 Å². The fourth-order valence-electron chi connectivity index (χ4n) is 8.85. The number of benzene rings is 3. The predicted molar refractivity (Wildman–Crippen MR) is 193 cm³/mol. The molecule has 0 aromatic heterocycles. The third-order valence-electron chi connectivity index (χ3n) is 11.6. The Balaban J connectivity index is 1.56. The molecule has 3 aromatic carbocycles. The second-order valence-electron chi connectivity index (χ2n) is 15.8. The van der Waals surface area contributed by atoms with Gasteiger partial charge in [0.05, 0.1) is 5.69 Å². The van der Waals surface area contributed by atoms with E-state index >= 15 is 9.59 Å². The van der Waals surface area contributed by atoms with E-state index in [1.54, 1.807) is 5.06 Å². The minimum Gasteiger partial charge on any atom is -0.461 e. The number of ether oxygens (including phenoxy) is 2. The van der Waals surface area contributed by atoms with Crippen molar-refractivity contribution in [1.82, 2.24) is 0 Å². The van der Waals surface area contributed by atoms with Gasteiger partial charge in [0.1, 0.15) is 24.4 Å². The predicted octanol–water partition coefficient (Wildman–Crippen LogP) is 9.92. The summed E-state index contributed by atoms with van der Waals surface area (Å²) in [6.07, 6.45) is 4.11. The normalized spacial score (nSPS) is 29.9. The third kappa shape index (κ3) is 7.04. The number of anilines is 1. The molecule has 2 saturated carbocycles. The van der Waals surface area contributed by atoms with Crippen LogP contribution in [0.15, 0.2) is 91.0 Å². The van der Waals surface area contributed by atoms with E-state index in [4.69, 9.17) is 14.3 Å². The fourth-order valence-corrected chi connectivity index (χ4v) is 8.85. The quantitative estimate of drug-likeness (QED) is 0.167. The van der Waals surface area contributed by atoms with Gasteiger partial charge in [0.25, 0.3) is 0 Å². The van der Waals surface area contributed by atoms with E-state index in [0.717, 1.165) is 55.3 Å². The van der Waals surface area contributed by atoms with Crippen LogP contribution in [-0.2, 0) is 23.9 Å². The van der Waals surface area contributed by atoms with Gasteiger partial charge in [-0.05, 0) is 84.5 Å². The van der Waals surface area contributed by atoms with Crippen LogP contribution < -0.4 is 5.06 Å². The topological polar surface area (TPSA) is 65.1 Å². The highest BCUT2D eigenvalue weighted by molar-refractivity contribution is 6.03. The maximum atomic E-state index is 15.6. The molecule has 1 saturated heterocycles. The van der Waals surface area contributed by atoms with Crippen molar-refractivity contribution in [2.24, 2.45) is 40.9 Å². The summed E-state index contributed by atoms with van der Waals surface area (Å²) in [6, 6.07) is 28.4. The summed E-state index contributed by atoms with van der Waals surface area (Å²) in [4.78, 5) is 38.1. The largest absolute Gasteiger partial charge is 0.461 e. The Morgan fingerprint density at radius 1 is 0.653 bits per heavy atom. The summed E-state index contributed by atoms with van der Waals surface area (Å²) < 4.78 is 13.5. The van der Waals surface area contributed by atoms with Crippen LogP contribution >= 0.6 is 0 Å². The van der Waals surface area contributed by atoms with Gasteiger partial charge in [-0.15, -0.1) is 0 Å². The van der Waals surface area contributed by atoms with Gasteiger partial charge in [-0.1, -0.05) is 133 Å². The first kappa shape index (κ1) is 35.2. The smallest absolute Gasteiger partial charge is 0.329 e. The number of carbonyl (C=O) groups is 2. The molecule has 1 heterocycles.